The van der Waals surface area contributed by atoms with Gasteiger partial charge in [-0.1, -0.05) is 0 Å². The Bertz CT molecular complexity index is 477. The van der Waals surface area contributed by atoms with E-state index in [2.05, 4.69) is 20.1 Å². The molecule has 1 aromatic rings. The highest BCUT2D eigenvalue weighted by Crippen LogP contribution is 2.39. The smallest absolute Gasteiger partial charge is 0.136 e. The molecule has 1 aliphatic carbocycles. The molecule has 3 rings (SSSR count). The molecular weight excluding hydrogens is 266 g/mol. The van der Waals surface area contributed by atoms with Crippen LogP contribution >= 0.6 is 0 Å². The molecule has 116 valence electrons. The molecule has 21 heavy (non-hydrogen) atoms. The molecular formula is C15H25N5O. The van der Waals surface area contributed by atoms with Gasteiger partial charge >= 0.3 is 0 Å². The summed E-state index contributed by atoms with van der Waals surface area (Å²) in [4.78, 5) is 14.0. The van der Waals surface area contributed by atoms with Gasteiger partial charge in [0.25, 0.3) is 0 Å². The zero-order valence-corrected chi connectivity index (χ0v) is 12.8. The molecule has 0 unspecified atom stereocenters. The molecule has 1 aliphatic heterocycles. The monoisotopic (exact) mass is 291 g/mol. The normalized spacial score (nSPS) is 20.4. The first-order valence-corrected chi connectivity index (χ1v) is 7.95. The molecule has 0 radical (unpaired) electrons. The summed E-state index contributed by atoms with van der Waals surface area (Å²) >= 11 is 0. The van der Waals surface area contributed by atoms with Crippen molar-refractivity contribution in [2.75, 3.05) is 56.6 Å². The van der Waals surface area contributed by atoms with Gasteiger partial charge in [0.2, 0.25) is 0 Å². The van der Waals surface area contributed by atoms with Gasteiger partial charge < -0.3 is 15.3 Å². The van der Waals surface area contributed by atoms with E-state index < -0.39 is 0 Å². The number of rotatable bonds is 5. The van der Waals surface area contributed by atoms with E-state index in [-0.39, 0.29) is 6.61 Å². The summed E-state index contributed by atoms with van der Waals surface area (Å²) in [5, 5.41) is 12.2. The molecule has 0 spiro atoms. The van der Waals surface area contributed by atoms with Gasteiger partial charge in [-0.15, -0.1) is 0 Å². The maximum atomic E-state index is 9.08. The number of anilines is 2. The van der Waals surface area contributed by atoms with E-state index in [1.54, 1.807) is 0 Å². The maximum absolute atomic E-state index is 9.08. The molecule has 6 nitrogen and oxygen atoms in total. The predicted octanol–water partition coefficient (Wildman–Crippen LogP) is 0.900. The molecule has 1 aromatic heterocycles. The molecule has 2 aliphatic rings. The zero-order chi connectivity index (χ0) is 14.7. The van der Waals surface area contributed by atoms with E-state index in [0.717, 1.165) is 56.6 Å². The molecule has 2 N–H and O–H groups in total. The zero-order valence-electron chi connectivity index (χ0n) is 12.8. The molecule has 2 heterocycles. The van der Waals surface area contributed by atoms with Gasteiger partial charge in [-0.25, -0.2) is 9.97 Å². The minimum atomic E-state index is 0.239. The van der Waals surface area contributed by atoms with Crippen molar-refractivity contribution in [3.05, 3.63) is 11.9 Å². The Kier molecular flexibility index (Phi) is 4.55. The van der Waals surface area contributed by atoms with Crippen molar-refractivity contribution in [3.8, 4) is 0 Å². The van der Waals surface area contributed by atoms with Crippen LogP contribution in [-0.2, 0) is 0 Å². The second-order valence-electron chi connectivity index (χ2n) is 5.90. The SMILES string of the molecule is CNc1cc(N2CCCN(CCO)CC2)nc(C2CC2)n1. The summed E-state index contributed by atoms with van der Waals surface area (Å²) in [5.74, 6) is 3.52. The number of nitrogens with one attached hydrogen (secondary N) is 1. The highest BCUT2D eigenvalue weighted by Gasteiger charge is 2.28. The Morgan fingerprint density at radius 2 is 2.10 bits per heavy atom. The summed E-state index contributed by atoms with van der Waals surface area (Å²) in [6, 6.07) is 2.05. The van der Waals surface area contributed by atoms with Crippen molar-refractivity contribution in [3.63, 3.8) is 0 Å². The molecule has 0 amide bonds. The largest absolute Gasteiger partial charge is 0.395 e. The fraction of sp³-hybridized carbons (Fsp3) is 0.733. The fourth-order valence-corrected chi connectivity index (χ4v) is 2.83. The maximum Gasteiger partial charge on any atom is 0.136 e. The molecule has 2 fully saturated rings. The topological polar surface area (TPSA) is 64.5 Å². The van der Waals surface area contributed by atoms with Crippen LogP contribution in [0.1, 0.15) is 31.0 Å². The molecule has 1 saturated carbocycles. The van der Waals surface area contributed by atoms with E-state index in [4.69, 9.17) is 10.1 Å². The van der Waals surface area contributed by atoms with Crippen LogP contribution < -0.4 is 10.2 Å². The third-order valence-corrected chi connectivity index (χ3v) is 4.26. The number of aliphatic hydroxyl groups is 1. The Morgan fingerprint density at radius 1 is 1.24 bits per heavy atom. The van der Waals surface area contributed by atoms with Crippen molar-refractivity contribution >= 4 is 11.6 Å². The highest BCUT2D eigenvalue weighted by atomic mass is 16.3. The summed E-state index contributed by atoms with van der Waals surface area (Å²) in [6.07, 6.45) is 3.55. The first-order chi connectivity index (χ1) is 10.3. The minimum absolute atomic E-state index is 0.239. The fourth-order valence-electron chi connectivity index (χ4n) is 2.83. The van der Waals surface area contributed by atoms with Crippen molar-refractivity contribution in [2.24, 2.45) is 0 Å². The Morgan fingerprint density at radius 3 is 2.81 bits per heavy atom. The third kappa shape index (κ3) is 3.63. The lowest BCUT2D eigenvalue weighted by atomic mass is 10.3. The van der Waals surface area contributed by atoms with Gasteiger partial charge in [-0.05, 0) is 25.8 Å². The summed E-state index contributed by atoms with van der Waals surface area (Å²) in [5.41, 5.74) is 0. The highest BCUT2D eigenvalue weighted by molar-refractivity contribution is 5.50. The predicted molar refractivity (Wildman–Crippen MR) is 83.9 cm³/mol. The van der Waals surface area contributed by atoms with Gasteiger partial charge in [0, 0.05) is 45.2 Å². The van der Waals surface area contributed by atoms with E-state index in [0.29, 0.717) is 5.92 Å². The first kappa shape index (κ1) is 14.5. The minimum Gasteiger partial charge on any atom is -0.395 e. The summed E-state index contributed by atoms with van der Waals surface area (Å²) in [7, 11) is 1.91. The first-order valence-electron chi connectivity index (χ1n) is 7.95. The van der Waals surface area contributed by atoms with Crippen LogP contribution in [0, 0.1) is 0 Å². The van der Waals surface area contributed by atoms with E-state index in [1.807, 2.05) is 13.1 Å². The summed E-state index contributed by atoms with van der Waals surface area (Å²) in [6.45, 7) is 5.03. The molecule has 0 aromatic carbocycles. The second-order valence-corrected chi connectivity index (χ2v) is 5.90. The Labute approximate surface area is 126 Å². The van der Waals surface area contributed by atoms with Gasteiger partial charge in [0.15, 0.2) is 0 Å². The van der Waals surface area contributed by atoms with Crippen LogP contribution in [0.3, 0.4) is 0 Å². The van der Waals surface area contributed by atoms with Crippen LogP contribution in [0.4, 0.5) is 11.6 Å². The average molecular weight is 291 g/mol. The van der Waals surface area contributed by atoms with Gasteiger partial charge in [-0.3, -0.25) is 4.90 Å². The van der Waals surface area contributed by atoms with Crippen molar-refractivity contribution in [1.82, 2.24) is 14.9 Å². The van der Waals surface area contributed by atoms with Crippen molar-refractivity contribution < 1.29 is 5.11 Å². The lowest BCUT2D eigenvalue weighted by Crippen LogP contribution is -2.32. The summed E-state index contributed by atoms with van der Waals surface area (Å²) < 4.78 is 0. The van der Waals surface area contributed by atoms with E-state index in [1.165, 1.54) is 12.8 Å². The number of aromatic nitrogens is 2. The standard InChI is InChI=1S/C15H25N5O/c1-16-13-11-14(18-15(17-13)12-3-4-12)20-6-2-5-19(7-8-20)9-10-21/h11-12,21H,2-10H2,1H3,(H,16,17,18). The van der Waals surface area contributed by atoms with Crippen LogP contribution in [0.2, 0.25) is 0 Å². The van der Waals surface area contributed by atoms with Crippen molar-refractivity contribution in [1.29, 1.82) is 0 Å². The van der Waals surface area contributed by atoms with Crippen LogP contribution in [-0.4, -0.2) is 66.4 Å². The van der Waals surface area contributed by atoms with Crippen LogP contribution in [0.5, 0.6) is 0 Å². The number of aliphatic hydroxyl groups excluding tert-OH is 1. The van der Waals surface area contributed by atoms with Gasteiger partial charge in [0.1, 0.15) is 17.5 Å². The second kappa shape index (κ2) is 6.58. The number of hydrogen-bond acceptors (Lipinski definition) is 6. The quantitative estimate of drug-likeness (QED) is 0.840. The number of hydrogen-bond donors (Lipinski definition) is 2. The number of nitrogens with zero attached hydrogens (tertiary/aromatic N) is 4. The van der Waals surface area contributed by atoms with Crippen LogP contribution in [0.25, 0.3) is 0 Å². The van der Waals surface area contributed by atoms with Gasteiger partial charge in [0.05, 0.1) is 6.61 Å². The van der Waals surface area contributed by atoms with E-state index >= 15 is 0 Å². The molecule has 6 heteroatoms. The van der Waals surface area contributed by atoms with Crippen LogP contribution in [0.15, 0.2) is 6.07 Å². The Hall–Kier alpha value is -1.40. The molecule has 0 atom stereocenters. The lowest BCUT2D eigenvalue weighted by molar-refractivity contribution is 0.204. The molecule has 0 bridgehead atoms. The Balaban J connectivity index is 1.74. The number of β-amino-alcohol motifs (C(OH)–C–C–N with tert-alkyl or cyclic N) is 1. The molecule has 1 saturated heterocycles. The van der Waals surface area contributed by atoms with Crippen molar-refractivity contribution in [2.45, 2.75) is 25.2 Å². The van der Waals surface area contributed by atoms with Gasteiger partial charge in [-0.2, -0.15) is 0 Å². The van der Waals surface area contributed by atoms with E-state index in [9.17, 15) is 0 Å². The average Bonchev–Trinajstić information content (AvgIpc) is 3.34. The lowest BCUT2D eigenvalue weighted by Gasteiger charge is -2.23. The third-order valence-electron chi connectivity index (χ3n) is 4.26.